The lowest BCUT2D eigenvalue weighted by molar-refractivity contribution is -0.146. The number of unbranched alkanes of at least 4 members (excludes halogenated alkanes) is 2. The van der Waals surface area contributed by atoms with Crippen molar-refractivity contribution < 1.29 is 19.4 Å². The highest BCUT2D eigenvalue weighted by atomic mass is 16.5. The van der Waals surface area contributed by atoms with Gasteiger partial charge in [0.25, 0.3) is 0 Å². The Labute approximate surface area is 103 Å². The number of esters is 1. The zero-order valence-electron chi connectivity index (χ0n) is 10.7. The molecule has 4 heteroatoms. The van der Waals surface area contributed by atoms with Crippen molar-refractivity contribution in [1.29, 1.82) is 0 Å². The lowest BCUT2D eigenvalue weighted by Crippen LogP contribution is -2.22. The van der Waals surface area contributed by atoms with Crippen molar-refractivity contribution in [3.63, 3.8) is 0 Å². The molecular weight excluding hydrogens is 220 g/mol. The van der Waals surface area contributed by atoms with Crippen molar-refractivity contribution in [3.05, 3.63) is 12.2 Å². The van der Waals surface area contributed by atoms with Crippen LogP contribution >= 0.6 is 0 Å². The lowest BCUT2D eigenvalue weighted by Gasteiger charge is -2.14. The second kappa shape index (κ2) is 8.79. The summed E-state index contributed by atoms with van der Waals surface area (Å²) < 4.78 is 4.95. The van der Waals surface area contributed by atoms with Crippen LogP contribution in [0.25, 0.3) is 0 Å². The molecule has 4 nitrogen and oxygen atoms in total. The average molecular weight is 242 g/mol. The predicted octanol–water partition coefficient (Wildman–Crippen LogP) is 2.78. The molecule has 0 bridgehead atoms. The number of carboxylic acids is 1. The van der Waals surface area contributed by atoms with Gasteiger partial charge < -0.3 is 9.84 Å². The highest BCUT2D eigenvalue weighted by Gasteiger charge is 2.26. The molecule has 0 radical (unpaired) electrons. The molecule has 0 aromatic carbocycles. The van der Waals surface area contributed by atoms with E-state index in [9.17, 15) is 9.59 Å². The molecule has 98 valence electrons. The smallest absolute Gasteiger partial charge is 0.334 e. The highest BCUT2D eigenvalue weighted by Crippen LogP contribution is 2.18. The van der Waals surface area contributed by atoms with E-state index in [0.717, 1.165) is 25.7 Å². The summed E-state index contributed by atoms with van der Waals surface area (Å²) in [5.74, 6) is -2.40. The topological polar surface area (TPSA) is 63.6 Å². The SMILES string of the molecule is C=C(C(=O)OCCCC)C(CCCC)C(=O)O. The Bertz CT molecular complexity index is 271. The normalized spacial score (nSPS) is 11.9. The summed E-state index contributed by atoms with van der Waals surface area (Å²) in [6, 6.07) is 0. The minimum atomic E-state index is -1.00. The first kappa shape index (κ1) is 15.7. The van der Waals surface area contributed by atoms with Crippen LogP contribution in [0.5, 0.6) is 0 Å². The number of carbonyl (C=O) groups is 2. The fraction of sp³-hybridized carbons (Fsp3) is 0.692. The fourth-order valence-electron chi connectivity index (χ4n) is 1.40. The molecule has 0 fully saturated rings. The third kappa shape index (κ3) is 6.09. The number of rotatable bonds is 9. The number of carbonyl (C=O) groups excluding carboxylic acids is 1. The van der Waals surface area contributed by atoms with Gasteiger partial charge in [-0.05, 0) is 12.8 Å². The van der Waals surface area contributed by atoms with Gasteiger partial charge in [0.2, 0.25) is 0 Å². The second-order valence-electron chi connectivity index (χ2n) is 4.05. The zero-order valence-corrected chi connectivity index (χ0v) is 10.7. The number of ether oxygens (including phenoxy) is 1. The summed E-state index contributed by atoms with van der Waals surface area (Å²) in [6.07, 6.45) is 3.80. The van der Waals surface area contributed by atoms with Crippen LogP contribution in [-0.2, 0) is 14.3 Å². The Morgan fingerprint density at radius 2 is 1.82 bits per heavy atom. The maximum atomic E-state index is 11.5. The summed E-state index contributed by atoms with van der Waals surface area (Å²) in [7, 11) is 0. The molecule has 1 N–H and O–H groups in total. The minimum Gasteiger partial charge on any atom is -0.481 e. The first-order chi connectivity index (χ1) is 8.04. The van der Waals surface area contributed by atoms with E-state index in [1.807, 2.05) is 13.8 Å². The third-order valence-electron chi connectivity index (χ3n) is 2.56. The van der Waals surface area contributed by atoms with Crippen molar-refractivity contribution in [1.82, 2.24) is 0 Å². The van der Waals surface area contributed by atoms with Gasteiger partial charge in [0, 0.05) is 5.57 Å². The minimum absolute atomic E-state index is 0.0575. The van der Waals surface area contributed by atoms with Crippen LogP contribution in [0.2, 0.25) is 0 Å². The number of aliphatic carboxylic acids is 1. The molecule has 0 aromatic heterocycles. The molecule has 0 aliphatic carbocycles. The van der Waals surface area contributed by atoms with E-state index in [0.29, 0.717) is 13.0 Å². The van der Waals surface area contributed by atoms with Crippen molar-refractivity contribution in [2.75, 3.05) is 6.61 Å². The molecule has 0 rings (SSSR count). The lowest BCUT2D eigenvalue weighted by atomic mass is 9.94. The fourth-order valence-corrected chi connectivity index (χ4v) is 1.40. The van der Waals surface area contributed by atoms with Gasteiger partial charge in [-0.3, -0.25) is 4.79 Å². The molecular formula is C13H22O4. The molecule has 1 atom stereocenters. The molecule has 0 aromatic rings. The quantitative estimate of drug-likeness (QED) is 0.383. The molecule has 0 amide bonds. The van der Waals surface area contributed by atoms with Gasteiger partial charge in [-0.1, -0.05) is 39.7 Å². The summed E-state index contributed by atoms with van der Waals surface area (Å²) in [4.78, 5) is 22.6. The molecule has 0 heterocycles. The van der Waals surface area contributed by atoms with E-state index in [1.54, 1.807) is 0 Å². The molecule has 0 spiro atoms. The Balaban J connectivity index is 4.29. The molecule has 17 heavy (non-hydrogen) atoms. The monoisotopic (exact) mass is 242 g/mol. The maximum Gasteiger partial charge on any atom is 0.334 e. The van der Waals surface area contributed by atoms with Crippen LogP contribution in [0.4, 0.5) is 0 Å². The average Bonchev–Trinajstić information content (AvgIpc) is 2.29. The van der Waals surface area contributed by atoms with E-state index in [1.165, 1.54) is 0 Å². The van der Waals surface area contributed by atoms with Gasteiger partial charge in [0.1, 0.15) is 0 Å². The van der Waals surface area contributed by atoms with Crippen molar-refractivity contribution in [2.45, 2.75) is 46.0 Å². The molecule has 0 saturated carbocycles. The van der Waals surface area contributed by atoms with Crippen molar-refractivity contribution in [3.8, 4) is 0 Å². The van der Waals surface area contributed by atoms with E-state index in [-0.39, 0.29) is 5.57 Å². The Morgan fingerprint density at radius 1 is 1.24 bits per heavy atom. The van der Waals surface area contributed by atoms with Crippen molar-refractivity contribution in [2.24, 2.45) is 5.92 Å². The summed E-state index contributed by atoms with van der Waals surface area (Å²) >= 11 is 0. The standard InChI is InChI=1S/C13H22O4/c1-4-6-8-11(12(14)15)10(3)13(16)17-9-7-5-2/h11H,3-9H2,1-2H3,(H,14,15). The highest BCUT2D eigenvalue weighted by molar-refractivity contribution is 5.94. The zero-order chi connectivity index (χ0) is 13.3. The van der Waals surface area contributed by atoms with Gasteiger partial charge in [0.05, 0.1) is 12.5 Å². The first-order valence-electron chi connectivity index (χ1n) is 6.13. The summed E-state index contributed by atoms with van der Waals surface area (Å²) in [5, 5.41) is 9.02. The van der Waals surface area contributed by atoms with Crippen LogP contribution in [0, 0.1) is 5.92 Å². The Hall–Kier alpha value is -1.32. The second-order valence-corrected chi connectivity index (χ2v) is 4.05. The number of hydrogen-bond donors (Lipinski definition) is 1. The molecule has 1 unspecified atom stereocenters. The van der Waals surface area contributed by atoms with Crippen LogP contribution in [0.3, 0.4) is 0 Å². The van der Waals surface area contributed by atoms with Gasteiger partial charge >= 0.3 is 11.9 Å². The van der Waals surface area contributed by atoms with E-state index >= 15 is 0 Å². The molecule has 0 aliphatic heterocycles. The molecule has 0 saturated heterocycles. The maximum absolute atomic E-state index is 11.5. The first-order valence-corrected chi connectivity index (χ1v) is 6.13. The van der Waals surface area contributed by atoms with Gasteiger partial charge in [-0.2, -0.15) is 0 Å². The van der Waals surface area contributed by atoms with E-state index in [4.69, 9.17) is 9.84 Å². The van der Waals surface area contributed by atoms with Crippen LogP contribution in [0.1, 0.15) is 46.0 Å². The third-order valence-corrected chi connectivity index (χ3v) is 2.56. The van der Waals surface area contributed by atoms with Gasteiger partial charge in [-0.15, -0.1) is 0 Å². The van der Waals surface area contributed by atoms with E-state index in [2.05, 4.69) is 6.58 Å². The molecule has 0 aliphatic rings. The van der Waals surface area contributed by atoms with Gasteiger partial charge in [0.15, 0.2) is 0 Å². The van der Waals surface area contributed by atoms with Crippen LogP contribution < -0.4 is 0 Å². The number of hydrogen-bond acceptors (Lipinski definition) is 3. The van der Waals surface area contributed by atoms with Crippen LogP contribution in [0.15, 0.2) is 12.2 Å². The largest absolute Gasteiger partial charge is 0.481 e. The Morgan fingerprint density at radius 3 is 2.29 bits per heavy atom. The summed E-state index contributed by atoms with van der Waals surface area (Å²) in [6.45, 7) is 7.84. The van der Waals surface area contributed by atoms with E-state index < -0.39 is 17.9 Å². The van der Waals surface area contributed by atoms with Gasteiger partial charge in [-0.25, -0.2) is 4.79 Å². The van der Waals surface area contributed by atoms with Crippen LogP contribution in [-0.4, -0.2) is 23.7 Å². The van der Waals surface area contributed by atoms with Crippen molar-refractivity contribution >= 4 is 11.9 Å². The predicted molar refractivity (Wildman–Crippen MR) is 65.7 cm³/mol. The number of carboxylic acid groups (broad SMARTS) is 1. The summed E-state index contributed by atoms with van der Waals surface area (Å²) in [5.41, 5.74) is 0.0575. The Kier molecular flexibility index (Phi) is 8.11.